The Kier molecular flexibility index (Phi) is 12.8. The fourth-order valence-corrected chi connectivity index (χ4v) is 1.88. The minimum Gasteiger partial charge on any atom is -0.467 e. The van der Waals surface area contributed by atoms with Crippen LogP contribution in [0.15, 0.2) is 0 Å². The van der Waals surface area contributed by atoms with Gasteiger partial charge >= 0.3 is 27.6 Å². The molecule has 0 heterocycles. The molecule has 0 aliphatic heterocycles. The van der Waals surface area contributed by atoms with Crippen molar-refractivity contribution >= 4 is 22.1 Å². The highest BCUT2D eigenvalue weighted by atomic mass is 32.2. The van der Waals surface area contributed by atoms with Crippen molar-refractivity contribution in [2.75, 3.05) is 27.4 Å². The van der Waals surface area contributed by atoms with Crippen LogP contribution in [0, 0.1) is 0 Å². The number of halogens is 3. The zero-order valence-corrected chi connectivity index (χ0v) is 19.5. The van der Waals surface area contributed by atoms with E-state index in [4.69, 9.17) is 14.6 Å². The third-order valence-corrected chi connectivity index (χ3v) is 3.86. The molecule has 0 aliphatic rings. The molecule has 0 fully saturated rings. The molecule has 0 bridgehead atoms. The largest absolute Gasteiger partial charge is 0.523 e. The van der Waals surface area contributed by atoms with Gasteiger partial charge in [0.25, 0.3) is 0 Å². The summed E-state index contributed by atoms with van der Waals surface area (Å²) in [7, 11) is -3.79. The molecule has 0 aromatic heterocycles. The average molecular weight is 484 g/mol. The summed E-state index contributed by atoms with van der Waals surface area (Å²) < 4.78 is 80.4. The number of rotatable bonds is 8. The van der Waals surface area contributed by atoms with Gasteiger partial charge in [0.05, 0.1) is 38.6 Å². The van der Waals surface area contributed by atoms with Gasteiger partial charge in [-0.15, -0.1) is 0 Å². The summed E-state index contributed by atoms with van der Waals surface area (Å²) in [5.74, 6) is -1.95. The topological polar surface area (TPSA) is 135 Å². The maximum atomic E-state index is 12.1. The SMILES string of the molecule is COC(=O)[C@@H](COC(C)(C)C)OS(=O)(=O)C(F)(F)F.COC(=O)[C@H](O)COC(C)(C)C. The molecule has 186 valence electrons. The number of alkyl halides is 3. The molecule has 0 aromatic carbocycles. The van der Waals surface area contributed by atoms with Gasteiger partial charge in [-0.2, -0.15) is 21.6 Å². The first-order valence-electron chi connectivity index (χ1n) is 8.78. The first-order valence-corrected chi connectivity index (χ1v) is 10.2. The van der Waals surface area contributed by atoms with Crippen LogP contribution in [0.3, 0.4) is 0 Å². The van der Waals surface area contributed by atoms with E-state index >= 15 is 0 Å². The molecule has 0 unspecified atom stereocenters. The lowest BCUT2D eigenvalue weighted by Crippen LogP contribution is -2.39. The Labute approximate surface area is 180 Å². The van der Waals surface area contributed by atoms with Crippen molar-refractivity contribution in [3.8, 4) is 0 Å². The summed E-state index contributed by atoms with van der Waals surface area (Å²) in [6, 6.07) is 0. The van der Waals surface area contributed by atoms with Crippen molar-refractivity contribution in [3.63, 3.8) is 0 Å². The molecule has 0 rings (SSSR count). The van der Waals surface area contributed by atoms with Gasteiger partial charge in [0.15, 0.2) is 12.2 Å². The number of ether oxygens (including phenoxy) is 4. The summed E-state index contributed by atoms with van der Waals surface area (Å²) in [5.41, 5.74) is -6.77. The molecule has 0 amide bonds. The molecule has 1 N–H and O–H groups in total. The second kappa shape index (κ2) is 12.5. The van der Waals surface area contributed by atoms with Gasteiger partial charge in [-0.1, -0.05) is 0 Å². The molecule has 0 spiro atoms. The highest BCUT2D eigenvalue weighted by Crippen LogP contribution is 2.26. The molecule has 0 aliphatic carbocycles. The third-order valence-electron chi connectivity index (χ3n) is 2.81. The Morgan fingerprint density at radius 1 is 0.839 bits per heavy atom. The minimum absolute atomic E-state index is 0.0316. The van der Waals surface area contributed by atoms with Crippen LogP contribution in [0.5, 0.6) is 0 Å². The zero-order chi connectivity index (χ0) is 25.3. The van der Waals surface area contributed by atoms with Crippen molar-refractivity contribution in [1.29, 1.82) is 0 Å². The predicted molar refractivity (Wildman–Crippen MR) is 101 cm³/mol. The lowest BCUT2D eigenvalue weighted by atomic mass is 10.2. The molecule has 0 aromatic rings. The predicted octanol–water partition coefficient (Wildman–Crippen LogP) is 1.54. The van der Waals surface area contributed by atoms with E-state index in [2.05, 4.69) is 13.7 Å². The van der Waals surface area contributed by atoms with Crippen LogP contribution in [-0.2, 0) is 42.8 Å². The molecule has 0 saturated heterocycles. The van der Waals surface area contributed by atoms with E-state index in [0.29, 0.717) is 0 Å². The molecule has 0 radical (unpaired) electrons. The van der Waals surface area contributed by atoms with Crippen molar-refractivity contribution in [2.24, 2.45) is 0 Å². The fourth-order valence-electron chi connectivity index (χ4n) is 1.33. The molecular weight excluding hydrogens is 453 g/mol. The number of aliphatic hydroxyl groups is 1. The van der Waals surface area contributed by atoms with Gasteiger partial charge in [0.1, 0.15) is 0 Å². The maximum absolute atomic E-state index is 12.1. The van der Waals surface area contributed by atoms with Crippen LogP contribution in [0.25, 0.3) is 0 Å². The quantitative estimate of drug-likeness (QED) is 0.307. The second-order valence-electron chi connectivity index (χ2n) is 7.89. The summed E-state index contributed by atoms with van der Waals surface area (Å²) >= 11 is 0. The molecule has 31 heavy (non-hydrogen) atoms. The van der Waals surface area contributed by atoms with E-state index < -0.39 is 52.0 Å². The van der Waals surface area contributed by atoms with Crippen LogP contribution in [0.1, 0.15) is 41.5 Å². The van der Waals surface area contributed by atoms with E-state index in [-0.39, 0.29) is 12.2 Å². The van der Waals surface area contributed by atoms with Crippen LogP contribution < -0.4 is 0 Å². The highest BCUT2D eigenvalue weighted by Gasteiger charge is 2.49. The number of carbonyl (C=O) groups excluding carboxylic acids is 2. The number of hydrogen-bond donors (Lipinski definition) is 1. The zero-order valence-electron chi connectivity index (χ0n) is 18.7. The van der Waals surface area contributed by atoms with E-state index in [9.17, 15) is 31.2 Å². The molecule has 10 nitrogen and oxygen atoms in total. The first kappa shape index (κ1) is 31.7. The Balaban J connectivity index is 0. The molecule has 2 atom stereocenters. The smallest absolute Gasteiger partial charge is 0.467 e. The van der Waals surface area contributed by atoms with Crippen molar-refractivity contribution in [3.05, 3.63) is 0 Å². The van der Waals surface area contributed by atoms with Crippen LogP contribution in [0.4, 0.5) is 13.2 Å². The lowest BCUT2D eigenvalue weighted by molar-refractivity contribution is -0.157. The number of methoxy groups -OCH3 is 2. The number of hydrogen-bond acceptors (Lipinski definition) is 10. The summed E-state index contributed by atoms with van der Waals surface area (Å²) in [4.78, 5) is 21.9. The van der Waals surface area contributed by atoms with Crippen molar-refractivity contribution < 1.29 is 59.4 Å². The first-order chi connectivity index (χ1) is 13.7. The van der Waals surface area contributed by atoms with Gasteiger partial charge in [-0.25, -0.2) is 13.8 Å². The van der Waals surface area contributed by atoms with Crippen LogP contribution in [-0.4, -0.2) is 81.8 Å². The molecule has 14 heteroatoms. The normalized spacial score (nSPS) is 14.7. The number of esters is 2. The third kappa shape index (κ3) is 15.0. The standard InChI is InChI=1S/C9H15F3O6S.C8H16O4/c1-8(2,3)17-5-6(7(13)16-4)18-19(14,15)9(10,11)12;1-8(2,3)12-5-6(9)7(10)11-4/h6H,5H2,1-4H3;6,9H,5H2,1-4H3/t2*6-/m11/s1. The van der Waals surface area contributed by atoms with Gasteiger partial charge in [0.2, 0.25) is 0 Å². The van der Waals surface area contributed by atoms with Gasteiger partial charge in [0, 0.05) is 0 Å². The van der Waals surface area contributed by atoms with E-state index in [0.717, 1.165) is 7.11 Å². The summed E-state index contributed by atoms with van der Waals surface area (Å²) in [5, 5.41) is 9.08. The van der Waals surface area contributed by atoms with Crippen LogP contribution >= 0.6 is 0 Å². The second-order valence-corrected chi connectivity index (χ2v) is 9.46. The Morgan fingerprint density at radius 2 is 1.23 bits per heavy atom. The van der Waals surface area contributed by atoms with Gasteiger partial charge < -0.3 is 24.1 Å². The Bertz CT molecular complexity index is 663. The maximum Gasteiger partial charge on any atom is 0.523 e. The number of aliphatic hydroxyl groups excluding tert-OH is 1. The Morgan fingerprint density at radius 3 is 1.55 bits per heavy atom. The monoisotopic (exact) mass is 484 g/mol. The fraction of sp³-hybridized carbons (Fsp3) is 0.882. The van der Waals surface area contributed by atoms with Gasteiger partial charge in [-0.05, 0) is 41.5 Å². The van der Waals surface area contributed by atoms with E-state index in [1.807, 2.05) is 20.8 Å². The van der Waals surface area contributed by atoms with Crippen molar-refractivity contribution in [2.45, 2.75) is 70.5 Å². The van der Waals surface area contributed by atoms with E-state index in [1.165, 1.54) is 7.11 Å². The minimum atomic E-state index is -5.90. The summed E-state index contributed by atoms with van der Waals surface area (Å²) in [6.07, 6.45) is -3.20. The van der Waals surface area contributed by atoms with Gasteiger partial charge in [-0.3, -0.25) is 0 Å². The van der Waals surface area contributed by atoms with Crippen LogP contribution in [0.2, 0.25) is 0 Å². The lowest BCUT2D eigenvalue weighted by Gasteiger charge is -2.23. The molecule has 0 saturated carbocycles. The summed E-state index contributed by atoms with van der Waals surface area (Å²) in [6.45, 7) is 9.52. The highest BCUT2D eigenvalue weighted by molar-refractivity contribution is 7.87. The van der Waals surface area contributed by atoms with Crippen molar-refractivity contribution in [1.82, 2.24) is 0 Å². The van der Waals surface area contributed by atoms with E-state index in [1.54, 1.807) is 20.8 Å². The average Bonchev–Trinajstić information content (AvgIpc) is 2.59. The molecular formula is C17H31F3O10S. The Hall–Kier alpha value is -1.48. The number of carbonyl (C=O) groups is 2.